The van der Waals surface area contributed by atoms with Crippen molar-refractivity contribution in [2.75, 3.05) is 27.2 Å². The van der Waals surface area contributed by atoms with Gasteiger partial charge in [0.25, 0.3) is 0 Å². The van der Waals surface area contributed by atoms with Crippen molar-refractivity contribution in [3.8, 4) is 5.75 Å². The van der Waals surface area contributed by atoms with Crippen LogP contribution in [0.3, 0.4) is 0 Å². The summed E-state index contributed by atoms with van der Waals surface area (Å²) in [7, 11) is 3.53. The number of nitrogens with one attached hydrogen (secondary N) is 1. The van der Waals surface area contributed by atoms with Gasteiger partial charge in [-0.25, -0.2) is 0 Å². The summed E-state index contributed by atoms with van der Waals surface area (Å²) in [6, 6.07) is 3.89. The molecule has 1 N–H and O–H groups in total. The molecule has 21 heavy (non-hydrogen) atoms. The maximum absolute atomic E-state index is 11.4. The Hall–Kier alpha value is -1.62. The summed E-state index contributed by atoms with van der Waals surface area (Å²) in [5, 5.41) is 3.35. The number of carbonyl (C=O) groups excluding carboxylic acids is 1. The summed E-state index contributed by atoms with van der Waals surface area (Å²) in [5.74, 6) is 1.51. The fourth-order valence-corrected chi connectivity index (χ4v) is 1.73. The van der Waals surface area contributed by atoms with E-state index in [0.29, 0.717) is 25.4 Å². The number of rotatable bonds is 9. The Morgan fingerprint density at radius 3 is 2.71 bits per heavy atom. The first kappa shape index (κ1) is 17.4. The Labute approximate surface area is 127 Å². The van der Waals surface area contributed by atoms with Crippen LogP contribution < -0.4 is 10.1 Å². The van der Waals surface area contributed by atoms with Gasteiger partial charge in [-0.1, -0.05) is 13.8 Å². The van der Waals surface area contributed by atoms with Crippen molar-refractivity contribution in [2.45, 2.75) is 33.2 Å². The van der Waals surface area contributed by atoms with Crippen LogP contribution in [0.15, 0.2) is 18.3 Å². The quantitative estimate of drug-likeness (QED) is 0.708. The molecule has 1 aromatic rings. The number of aromatic nitrogens is 1. The van der Waals surface area contributed by atoms with Gasteiger partial charge in [-0.15, -0.1) is 0 Å². The predicted octanol–water partition coefficient (Wildman–Crippen LogP) is 2.07. The first-order chi connectivity index (χ1) is 9.99. The normalized spacial score (nSPS) is 10.7. The van der Waals surface area contributed by atoms with E-state index >= 15 is 0 Å². The molecule has 1 amide bonds. The van der Waals surface area contributed by atoms with Crippen molar-refractivity contribution < 1.29 is 9.53 Å². The molecule has 0 fully saturated rings. The fraction of sp³-hybridized carbons (Fsp3) is 0.625. The minimum Gasteiger partial charge on any atom is -0.492 e. The molecule has 1 heterocycles. The summed E-state index contributed by atoms with van der Waals surface area (Å²) >= 11 is 0. The van der Waals surface area contributed by atoms with Crippen LogP contribution in [0.1, 0.15) is 32.4 Å². The average molecular weight is 293 g/mol. The molecule has 0 aromatic carbocycles. The monoisotopic (exact) mass is 293 g/mol. The van der Waals surface area contributed by atoms with E-state index in [9.17, 15) is 4.79 Å². The standard InChI is InChI=1S/C16H27N3O2/c1-13(2)10-17-11-14-7-8-15(12-18-14)21-9-5-6-16(20)19(3)4/h7-8,12-13,17H,5-6,9-11H2,1-4H3. The van der Waals surface area contributed by atoms with E-state index < -0.39 is 0 Å². The molecule has 0 unspecified atom stereocenters. The van der Waals surface area contributed by atoms with Crippen molar-refractivity contribution in [3.05, 3.63) is 24.0 Å². The maximum Gasteiger partial charge on any atom is 0.222 e. The number of carbonyl (C=O) groups is 1. The average Bonchev–Trinajstić information content (AvgIpc) is 2.44. The zero-order valence-electron chi connectivity index (χ0n) is 13.6. The van der Waals surface area contributed by atoms with Crippen LogP contribution in [-0.2, 0) is 11.3 Å². The van der Waals surface area contributed by atoms with Gasteiger partial charge in [-0.3, -0.25) is 9.78 Å². The maximum atomic E-state index is 11.4. The van der Waals surface area contributed by atoms with Crippen molar-refractivity contribution >= 4 is 5.91 Å². The van der Waals surface area contributed by atoms with Gasteiger partial charge < -0.3 is 15.0 Å². The van der Waals surface area contributed by atoms with Crippen molar-refractivity contribution in [3.63, 3.8) is 0 Å². The van der Waals surface area contributed by atoms with Gasteiger partial charge in [0.05, 0.1) is 18.5 Å². The lowest BCUT2D eigenvalue weighted by atomic mass is 10.2. The molecule has 0 radical (unpaired) electrons. The highest BCUT2D eigenvalue weighted by Gasteiger charge is 2.03. The molecule has 0 saturated carbocycles. The lowest BCUT2D eigenvalue weighted by Gasteiger charge is -2.10. The summed E-state index contributed by atoms with van der Waals surface area (Å²) in [6.07, 6.45) is 2.96. The van der Waals surface area contributed by atoms with E-state index in [4.69, 9.17) is 4.74 Å². The number of pyridine rings is 1. The highest BCUT2D eigenvalue weighted by Crippen LogP contribution is 2.10. The molecule has 5 heteroatoms. The molecule has 118 valence electrons. The van der Waals surface area contributed by atoms with Gasteiger partial charge in [0.15, 0.2) is 0 Å². The van der Waals surface area contributed by atoms with E-state index in [2.05, 4.69) is 24.1 Å². The number of nitrogens with zero attached hydrogens (tertiary/aromatic N) is 2. The van der Waals surface area contributed by atoms with Crippen molar-refractivity contribution in [2.24, 2.45) is 5.92 Å². The first-order valence-corrected chi connectivity index (χ1v) is 7.47. The second-order valence-electron chi connectivity index (χ2n) is 5.75. The molecule has 0 aliphatic carbocycles. The van der Waals surface area contributed by atoms with E-state index in [-0.39, 0.29) is 5.91 Å². The number of amides is 1. The van der Waals surface area contributed by atoms with E-state index in [0.717, 1.165) is 24.5 Å². The Morgan fingerprint density at radius 1 is 1.38 bits per heavy atom. The minimum atomic E-state index is 0.128. The van der Waals surface area contributed by atoms with E-state index in [1.807, 2.05) is 12.1 Å². The van der Waals surface area contributed by atoms with E-state index in [1.54, 1.807) is 25.2 Å². The molecule has 0 spiro atoms. The first-order valence-electron chi connectivity index (χ1n) is 7.47. The highest BCUT2D eigenvalue weighted by atomic mass is 16.5. The Balaban J connectivity index is 2.23. The second-order valence-corrected chi connectivity index (χ2v) is 5.75. The van der Waals surface area contributed by atoms with Crippen LogP contribution in [0.2, 0.25) is 0 Å². The largest absolute Gasteiger partial charge is 0.492 e. The molecule has 0 aliphatic rings. The highest BCUT2D eigenvalue weighted by molar-refractivity contribution is 5.75. The topological polar surface area (TPSA) is 54.5 Å². The summed E-state index contributed by atoms with van der Waals surface area (Å²) < 4.78 is 5.58. The summed E-state index contributed by atoms with van der Waals surface area (Å²) in [6.45, 7) is 6.65. The van der Waals surface area contributed by atoms with Crippen LogP contribution in [0.5, 0.6) is 5.75 Å². The van der Waals surface area contributed by atoms with Crippen molar-refractivity contribution in [1.29, 1.82) is 0 Å². The van der Waals surface area contributed by atoms with Gasteiger partial charge in [0.2, 0.25) is 5.91 Å². The molecule has 5 nitrogen and oxygen atoms in total. The Morgan fingerprint density at radius 2 is 2.14 bits per heavy atom. The third-order valence-electron chi connectivity index (χ3n) is 2.96. The van der Waals surface area contributed by atoms with Gasteiger partial charge in [-0.2, -0.15) is 0 Å². The molecular formula is C16H27N3O2. The molecule has 0 saturated heterocycles. The second kappa shape index (κ2) is 9.34. The van der Waals surface area contributed by atoms with Gasteiger partial charge in [-0.05, 0) is 31.0 Å². The summed E-state index contributed by atoms with van der Waals surface area (Å²) in [4.78, 5) is 17.4. The van der Waals surface area contributed by atoms with Gasteiger partial charge in [0.1, 0.15) is 5.75 Å². The van der Waals surface area contributed by atoms with Gasteiger partial charge >= 0.3 is 0 Å². The van der Waals surface area contributed by atoms with Gasteiger partial charge in [0, 0.05) is 27.1 Å². The Bertz CT molecular complexity index is 416. The van der Waals surface area contributed by atoms with Crippen LogP contribution in [-0.4, -0.2) is 43.0 Å². The number of ether oxygens (including phenoxy) is 1. The van der Waals surface area contributed by atoms with E-state index in [1.165, 1.54) is 0 Å². The smallest absolute Gasteiger partial charge is 0.222 e. The molecule has 0 aliphatic heterocycles. The van der Waals surface area contributed by atoms with Crippen molar-refractivity contribution in [1.82, 2.24) is 15.2 Å². The lowest BCUT2D eigenvalue weighted by Crippen LogP contribution is -2.21. The zero-order chi connectivity index (χ0) is 15.7. The molecule has 0 bridgehead atoms. The van der Waals surface area contributed by atoms with Crippen LogP contribution >= 0.6 is 0 Å². The molecule has 1 rings (SSSR count). The van der Waals surface area contributed by atoms with Crippen LogP contribution in [0.25, 0.3) is 0 Å². The third-order valence-corrected chi connectivity index (χ3v) is 2.96. The fourth-order valence-electron chi connectivity index (χ4n) is 1.73. The molecule has 1 aromatic heterocycles. The summed E-state index contributed by atoms with van der Waals surface area (Å²) in [5.41, 5.74) is 1.01. The number of hydrogen-bond acceptors (Lipinski definition) is 4. The SMILES string of the molecule is CC(C)CNCc1ccc(OCCCC(=O)N(C)C)cn1. The lowest BCUT2D eigenvalue weighted by molar-refractivity contribution is -0.128. The molecule has 0 atom stereocenters. The van der Waals surface area contributed by atoms with Crippen LogP contribution in [0, 0.1) is 5.92 Å². The zero-order valence-corrected chi connectivity index (χ0v) is 13.6. The minimum absolute atomic E-state index is 0.128. The third kappa shape index (κ3) is 7.66. The molecular weight excluding hydrogens is 266 g/mol. The predicted molar refractivity (Wildman–Crippen MR) is 84.2 cm³/mol. The Kier molecular flexibility index (Phi) is 7.75. The number of hydrogen-bond donors (Lipinski definition) is 1. The van der Waals surface area contributed by atoms with Crippen LogP contribution in [0.4, 0.5) is 0 Å².